The normalized spacial score (nSPS) is 20.2. The standard InChI is InChI=1S/C12H14F3NO/c13-12(14,15)10-4-2-1-3-9(10)11(16)5-7-17-8-6-11/h1-4H,5-8,16H2. The van der Waals surface area contributed by atoms with Gasteiger partial charge in [0.1, 0.15) is 0 Å². The van der Waals surface area contributed by atoms with Crippen LogP contribution in [-0.2, 0) is 16.5 Å². The molecule has 94 valence electrons. The number of hydrogen-bond donors (Lipinski definition) is 1. The fourth-order valence-electron chi connectivity index (χ4n) is 2.17. The summed E-state index contributed by atoms with van der Waals surface area (Å²) in [5.74, 6) is 0. The van der Waals surface area contributed by atoms with E-state index in [0.717, 1.165) is 6.07 Å². The number of benzene rings is 1. The minimum Gasteiger partial charge on any atom is -0.381 e. The van der Waals surface area contributed by atoms with E-state index in [9.17, 15) is 13.2 Å². The molecule has 0 unspecified atom stereocenters. The SMILES string of the molecule is NC1(c2ccccc2C(F)(F)F)CCOCC1. The highest BCUT2D eigenvalue weighted by molar-refractivity contribution is 5.35. The Kier molecular flexibility index (Phi) is 3.14. The van der Waals surface area contributed by atoms with Gasteiger partial charge in [0.2, 0.25) is 0 Å². The van der Waals surface area contributed by atoms with E-state index in [1.807, 2.05) is 0 Å². The first-order valence-corrected chi connectivity index (χ1v) is 5.47. The minimum atomic E-state index is -4.36. The third kappa shape index (κ3) is 2.45. The first-order chi connectivity index (χ1) is 7.93. The maximum absolute atomic E-state index is 12.9. The molecule has 0 spiro atoms. The van der Waals surface area contributed by atoms with Crippen LogP contribution in [0.25, 0.3) is 0 Å². The molecule has 1 aliphatic rings. The fourth-order valence-corrected chi connectivity index (χ4v) is 2.17. The van der Waals surface area contributed by atoms with Crippen LogP contribution in [0.2, 0.25) is 0 Å². The number of hydrogen-bond acceptors (Lipinski definition) is 2. The van der Waals surface area contributed by atoms with Gasteiger partial charge in [-0.1, -0.05) is 18.2 Å². The Labute approximate surface area is 97.6 Å². The Morgan fingerprint density at radius 1 is 1.12 bits per heavy atom. The van der Waals surface area contributed by atoms with Crippen molar-refractivity contribution in [1.29, 1.82) is 0 Å². The second-order valence-corrected chi connectivity index (χ2v) is 4.31. The van der Waals surface area contributed by atoms with Crippen LogP contribution in [-0.4, -0.2) is 13.2 Å². The lowest BCUT2D eigenvalue weighted by Gasteiger charge is -2.35. The van der Waals surface area contributed by atoms with Crippen LogP contribution in [0.3, 0.4) is 0 Å². The number of rotatable bonds is 1. The molecule has 2 nitrogen and oxygen atoms in total. The van der Waals surface area contributed by atoms with Crippen molar-refractivity contribution in [3.8, 4) is 0 Å². The second-order valence-electron chi connectivity index (χ2n) is 4.31. The van der Waals surface area contributed by atoms with Crippen molar-refractivity contribution in [1.82, 2.24) is 0 Å². The molecule has 1 saturated heterocycles. The molecule has 0 aromatic heterocycles. The number of nitrogens with two attached hydrogens (primary N) is 1. The summed E-state index contributed by atoms with van der Waals surface area (Å²) in [5.41, 5.74) is 4.71. The van der Waals surface area contributed by atoms with Crippen LogP contribution in [0.4, 0.5) is 13.2 Å². The Hall–Kier alpha value is -1.07. The quantitative estimate of drug-likeness (QED) is 0.825. The predicted octanol–water partition coefficient (Wildman–Crippen LogP) is 2.67. The van der Waals surface area contributed by atoms with Crippen molar-refractivity contribution in [2.45, 2.75) is 24.6 Å². The summed E-state index contributed by atoms with van der Waals surface area (Å²) < 4.78 is 43.8. The highest BCUT2D eigenvalue weighted by Gasteiger charge is 2.40. The number of alkyl halides is 3. The van der Waals surface area contributed by atoms with Crippen molar-refractivity contribution in [3.05, 3.63) is 35.4 Å². The van der Waals surface area contributed by atoms with Gasteiger partial charge in [0.25, 0.3) is 0 Å². The summed E-state index contributed by atoms with van der Waals surface area (Å²) in [6.45, 7) is 0.811. The van der Waals surface area contributed by atoms with Crippen LogP contribution in [0.15, 0.2) is 24.3 Å². The third-order valence-electron chi connectivity index (χ3n) is 3.15. The molecule has 1 heterocycles. The Bertz CT molecular complexity index is 397. The van der Waals surface area contributed by atoms with E-state index in [1.54, 1.807) is 6.07 Å². The van der Waals surface area contributed by atoms with Gasteiger partial charge in [-0.15, -0.1) is 0 Å². The second kappa shape index (κ2) is 4.31. The molecule has 0 radical (unpaired) electrons. The van der Waals surface area contributed by atoms with Gasteiger partial charge in [0.15, 0.2) is 0 Å². The molecule has 1 aliphatic heterocycles. The Morgan fingerprint density at radius 3 is 2.29 bits per heavy atom. The van der Waals surface area contributed by atoms with E-state index in [2.05, 4.69) is 0 Å². The van der Waals surface area contributed by atoms with Gasteiger partial charge in [-0.2, -0.15) is 13.2 Å². The zero-order chi connectivity index (χ0) is 12.5. The van der Waals surface area contributed by atoms with E-state index in [1.165, 1.54) is 12.1 Å². The molecule has 1 fully saturated rings. The highest BCUT2D eigenvalue weighted by atomic mass is 19.4. The lowest BCUT2D eigenvalue weighted by molar-refractivity contribution is -0.139. The van der Waals surface area contributed by atoms with E-state index in [0.29, 0.717) is 26.1 Å². The molecular formula is C12H14F3NO. The van der Waals surface area contributed by atoms with E-state index in [-0.39, 0.29) is 5.56 Å². The molecule has 0 amide bonds. The van der Waals surface area contributed by atoms with Gasteiger partial charge in [-0.25, -0.2) is 0 Å². The molecule has 0 bridgehead atoms. The van der Waals surface area contributed by atoms with Crippen LogP contribution in [0.1, 0.15) is 24.0 Å². The van der Waals surface area contributed by atoms with Gasteiger partial charge in [-0.05, 0) is 24.5 Å². The summed E-state index contributed by atoms with van der Waals surface area (Å²) in [7, 11) is 0. The van der Waals surface area contributed by atoms with Crippen molar-refractivity contribution in [2.75, 3.05) is 13.2 Å². The summed E-state index contributed by atoms with van der Waals surface area (Å²) in [6.07, 6.45) is -3.53. The van der Waals surface area contributed by atoms with Crippen LogP contribution in [0.5, 0.6) is 0 Å². The zero-order valence-corrected chi connectivity index (χ0v) is 9.26. The molecule has 1 aromatic rings. The first kappa shape index (κ1) is 12.4. The highest BCUT2D eigenvalue weighted by Crippen LogP contribution is 2.39. The summed E-state index contributed by atoms with van der Waals surface area (Å²) in [4.78, 5) is 0. The number of halogens is 3. The molecule has 1 aromatic carbocycles. The topological polar surface area (TPSA) is 35.2 Å². The molecule has 17 heavy (non-hydrogen) atoms. The van der Waals surface area contributed by atoms with Crippen molar-refractivity contribution < 1.29 is 17.9 Å². The van der Waals surface area contributed by atoms with Gasteiger partial charge in [0, 0.05) is 18.8 Å². The van der Waals surface area contributed by atoms with E-state index < -0.39 is 17.3 Å². The van der Waals surface area contributed by atoms with Crippen LogP contribution >= 0.6 is 0 Å². The minimum absolute atomic E-state index is 0.177. The van der Waals surface area contributed by atoms with Crippen LogP contribution in [0, 0.1) is 0 Å². The molecule has 0 saturated carbocycles. The molecule has 2 rings (SSSR count). The molecular weight excluding hydrogens is 231 g/mol. The fraction of sp³-hybridized carbons (Fsp3) is 0.500. The predicted molar refractivity (Wildman–Crippen MR) is 57.4 cm³/mol. The zero-order valence-electron chi connectivity index (χ0n) is 9.26. The lowest BCUT2D eigenvalue weighted by atomic mass is 9.81. The van der Waals surface area contributed by atoms with Gasteiger partial charge in [0.05, 0.1) is 5.56 Å². The largest absolute Gasteiger partial charge is 0.416 e. The lowest BCUT2D eigenvalue weighted by Crippen LogP contribution is -2.43. The Morgan fingerprint density at radius 2 is 1.71 bits per heavy atom. The summed E-state index contributed by atoms with van der Waals surface area (Å²) in [5, 5.41) is 0. The molecule has 2 N–H and O–H groups in total. The van der Waals surface area contributed by atoms with Gasteiger partial charge < -0.3 is 10.5 Å². The Balaban J connectivity index is 2.44. The number of ether oxygens (including phenoxy) is 1. The first-order valence-electron chi connectivity index (χ1n) is 5.47. The average molecular weight is 245 g/mol. The monoisotopic (exact) mass is 245 g/mol. The third-order valence-corrected chi connectivity index (χ3v) is 3.15. The smallest absolute Gasteiger partial charge is 0.381 e. The van der Waals surface area contributed by atoms with Crippen LogP contribution < -0.4 is 5.73 Å². The maximum atomic E-state index is 12.9. The average Bonchev–Trinajstić information content (AvgIpc) is 2.29. The molecule has 0 atom stereocenters. The van der Waals surface area contributed by atoms with Gasteiger partial charge >= 0.3 is 6.18 Å². The van der Waals surface area contributed by atoms with Crippen molar-refractivity contribution in [2.24, 2.45) is 5.73 Å². The molecule has 5 heteroatoms. The van der Waals surface area contributed by atoms with Gasteiger partial charge in [-0.3, -0.25) is 0 Å². The van der Waals surface area contributed by atoms with E-state index in [4.69, 9.17) is 10.5 Å². The van der Waals surface area contributed by atoms with Crippen molar-refractivity contribution in [3.63, 3.8) is 0 Å². The molecule has 0 aliphatic carbocycles. The van der Waals surface area contributed by atoms with Crippen molar-refractivity contribution >= 4 is 0 Å². The van der Waals surface area contributed by atoms with E-state index >= 15 is 0 Å². The summed E-state index contributed by atoms with van der Waals surface area (Å²) >= 11 is 0. The summed E-state index contributed by atoms with van der Waals surface area (Å²) in [6, 6.07) is 5.53. The maximum Gasteiger partial charge on any atom is 0.416 e.